The molecular formula is C11H20N4O3S. The van der Waals surface area contributed by atoms with Gasteiger partial charge in [0.2, 0.25) is 10.0 Å². The highest BCUT2D eigenvalue weighted by atomic mass is 32.2. The number of aromatic nitrogens is 1. The Labute approximate surface area is 113 Å². The van der Waals surface area contributed by atoms with E-state index >= 15 is 0 Å². The highest BCUT2D eigenvalue weighted by Gasteiger charge is 2.14. The van der Waals surface area contributed by atoms with Crippen molar-refractivity contribution in [2.75, 3.05) is 25.0 Å². The lowest BCUT2D eigenvalue weighted by Gasteiger charge is -2.19. The largest absolute Gasteiger partial charge is 0.395 e. The molecule has 0 saturated heterocycles. The van der Waals surface area contributed by atoms with Crippen LogP contribution in [0.2, 0.25) is 0 Å². The van der Waals surface area contributed by atoms with Gasteiger partial charge in [-0.2, -0.15) is 0 Å². The molecule has 0 radical (unpaired) electrons. The number of sulfonamides is 1. The van der Waals surface area contributed by atoms with Gasteiger partial charge in [0, 0.05) is 24.8 Å². The molecule has 1 heterocycles. The van der Waals surface area contributed by atoms with Crippen LogP contribution in [0.15, 0.2) is 23.2 Å². The van der Waals surface area contributed by atoms with E-state index in [4.69, 9.17) is 10.8 Å². The third-order valence-corrected chi connectivity index (χ3v) is 3.62. The van der Waals surface area contributed by atoms with Gasteiger partial charge in [0.25, 0.3) is 0 Å². The van der Waals surface area contributed by atoms with Crippen molar-refractivity contribution in [3.05, 3.63) is 18.3 Å². The molecule has 19 heavy (non-hydrogen) atoms. The molecule has 0 amide bonds. The Hall–Kier alpha value is -1.22. The maximum absolute atomic E-state index is 11.7. The van der Waals surface area contributed by atoms with Crippen molar-refractivity contribution in [2.45, 2.75) is 24.3 Å². The van der Waals surface area contributed by atoms with Gasteiger partial charge in [-0.1, -0.05) is 0 Å². The van der Waals surface area contributed by atoms with Gasteiger partial charge in [-0.3, -0.25) is 0 Å². The lowest BCUT2D eigenvalue weighted by atomic mass is 10.1. The van der Waals surface area contributed by atoms with E-state index in [1.54, 1.807) is 6.07 Å². The minimum absolute atomic E-state index is 0.0241. The molecule has 108 valence electrons. The molecule has 0 aromatic carbocycles. The molecule has 1 rings (SSSR count). The number of hydrogen-bond donors (Lipinski definition) is 4. The van der Waals surface area contributed by atoms with Gasteiger partial charge in [0.05, 0.1) is 6.61 Å². The summed E-state index contributed by atoms with van der Waals surface area (Å²) in [6.45, 7) is 3.99. The van der Waals surface area contributed by atoms with E-state index in [0.29, 0.717) is 12.4 Å². The minimum Gasteiger partial charge on any atom is -0.395 e. The van der Waals surface area contributed by atoms with E-state index < -0.39 is 10.0 Å². The first-order valence-electron chi connectivity index (χ1n) is 5.84. The van der Waals surface area contributed by atoms with Crippen LogP contribution in [0.25, 0.3) is 0 Å². The normalized spacial score (nSPS) is 12.4. The summed E-state index contributed by atoms with van der Waals surface area (Å²) in [5.74, 6) is 0.555. The molecule has 0 saturated carbocycles. The van der Waals surface area contributed by atoms with Crippen molar-refractivity contribution in [1.82, 2.24) is 9.71 Å². The van der Waals surface area contributed by atoms with Crippen LogP contribution < -0.4 is 15.8 Å². The van der Waals surface area contributed by atoms with Gasteiger partial charge < -0.3 is 16.2 Å². The smallest absolute Gasteiger partial charge is 0.242 e. The van der Waals surface area contributed by atoms with Crippen LogP contribution >= 0.6 is 0 Å². The topological polar surface area (TPSA) is 117 Å². The molecule has 0 aliphatic rings. The SMILES string of the molecule is CC(C)(N)CNc1ccc(S(=O)(=O)NCCO)cn1. The molecule has 8 heteroatoms. The Balaban J connectivity index is 2.71. The van der Waals surface area contributed by atoms with Crippen molar-refractivity contribution in [3.8, 4) is 0 Å². The lowest BCUT2D eigenvalue weighted by molar-refractivity contribution is 0.301. The minimum atomic E-state index is -3.61. The molecule has 5 N–H and O–H groups in total. The number of aliphatic hydroxyl groups is 1. The maximum atomic E-state index is 11.7. The van der Waals surface area contributed by atoms with E-state index in [9.17, 15) is 8.42 Å². The number of nitrogens with one attached hydrogen (secondary N) is 2. The van der Waals surface area contributed by atoms with Crippen LogP contribution in [-0.4, -0.2) is 43.7 Å². The summed E-state index contributed by atoms with van der Waals surface area (Å²) in [5.41, 5.74) is 5.44. The fraction of sp³-hybridized carbons (Fsp3) is 0.545. The Morgan fingerprint density at radius 3 is 2.58 bits per heavy atom. The predicted octanol–water partition coefficient (Wildman–Crippen LogP) is -0.499. The van der Waals surface area contributed by atoms with Gasteiger partial charge in [0.15, 0.2) is 0 Å². The third-order valence-electron chi connectivity index (χ3n) is 2.18. The van der Waals surface area contributed by atoms with Gasteiger partial charge in [-0.15, -0.1) is 0 Å². The van der Waals surface area contributed by atoms with Gasteiger partial charge in [-0.25, -0.2) is 18.1 Å². The van der Waals surface area contributed by atoms with Crippen molar-refractivity contribution in [1.29, 1.82) is 0 Å². The Kier molecular flexibility index (Phi) is 5.24. The average Bonchev–Trinajstić information content (AvgIpc) is 2.34. The molecule has 7 nitrogen and oxygen atoms in total. The van der Waals surface area contributed by atoms with E-state index in [1.165, 1.54) is 12.3 Å². The molecule has 0 unspecified atom stereocenters. The van der Waals surface area contributed by atoms with Gasteiger partial charge >= 0.3 is 0 Å². The zero-order valence-corrected chi connectivity index (χ0v) is 11.9. The molecule has 1 aromatic rings. The van der Waals surface area contributed by atoms with Crippen molar-refractivity contribution < 1.29 is 13.5 Å². The summed E-state index contributed by atoms with van der Waals surface area (Å²) in [6, 6.07) is 3.01. The van der Waals surface area contributed by atoms with Crippen LogP contribution in [-0.2, 0) is 10.0 Å². The number of nitrogens with two attached hydrogens (primary N) is 1. The van der Waals surface area contributed by atoms with E-state index in [1.807, 2.05) is 13.8 Å². The second kappa shape index (κ2) is 6.29. The Morgan fingerprint density at radius 2 is 2.11 bits per heavy atom. The highest BCUT2D eigenvalue weighted by molar-refractivity contribution is 7.89. The number of anilines is 1. The van der Waals surface area contributed by atoms with E-state index in [-0.39, 0.29) is 23.6 Å². The van der Waals surface area contributed by atoms with Crippen LogP contribution in [0.4, 0.5) is 5.82 Å². The zero-order valence-electron chi connectivity index (χ0n) is 11.0. The fourth-order valence-electron chi connectivity index (χ4n) is 1.23. The summed E-state index contributed by atoms with van der Waals surface area (Å²) in [4.78, 5) is 4.06. The van der Waals surface area contributed by atoms with E-state index in [2.05, 4.69) is 15.0 Å². The highest BCUT2D eigenvalue weighted by Crippen LogP contribution is 2.11. The summed E-state index contributed by atoms with van der Waals surface area (Å²) in [7, 11) is -3.61. The molecule has 1 aromatic heterocycles. The van der Waals surface area contributed by atoms with E-state index in [0.717, 1.165) is 0 Å². The third kappa shape index (κ3) is 5.52. The lowest BCUT2D eigenvalue weighted by Crippen LogP contribution is -2.39. The predicted molar refractivity (Wildman–Crippen MR) is 73.3 cm³/mol. The maximum Gasteiger partial charge on any atom is 0.242 e. The van der Waals surface area contributed by atoms with Crippen molar-refractivity contribution in [2.24, 2.45) is 5.73 Å². The molecule has 0 spiro atoms. The summed E-state index contributed by atoms with van der Waals surface area (Å²) in [6.07, 6.45) is 1.26. The number of aliphatic hydroxyl groups excluding tert-OH is 1. The van der Waals surface area contributed by atoms with Gasteiger partial charge in [0.1, 0.15) is 10.7 Å². The molecule has 0 aliphatic heterocycles. The number of hydrogen-bond acceptors (Lipinski definition) is 6. The van der Waals surface area contributed by atoms with Crippen LogP contribution in [0.5, 0.6) is 0 Å². The number of rotatable bonds is 7. The van der Waals surface area contributed by atoms with Gasteiger partial charge in [-0.05, 0) is 26.0 Å². The monoisotopic (exact) mass is 288 g/mol. The van der Waals surface area contributed by atoms with Crippen LogP contribution in [0.3, 0.4) is 0 Å². The first kappa shape index (κ1) is 15.8. The molecule has 0 fully saturated rings. The fourth-order valence-corrected chi connectivity index (χ4v) is 2.19. The first-order chi connectivity index (χ1) is 8.74. The van der Waals surface area contributed by atoms with Crippen molar-refractivity contribution in [3.63, 3.8) is 0 Å². The molecule has 0 aliphatic carbocycles. The summed E-state index contributed by atoms with van der Waals surface area (Å²) >= 11 is 0. The Bertz CT molecular complexity index is 494. The average molecular weight is 288 g/mol. The Morgan fingerprint density at radius 1 is 1.42 bits per heavy atom. The zero-order chi connectivity index (χ0) is 14.5. The summed E-state index contributed by atoms with van der Waals surface area (Å²) < 4.78 is 25.7. The molecular weight excluding hydrogens is 268 g/mol. The van der Waals surface area contributed by atoms with Crippen LogP contribution in [0.1, 0.15) is 13.8 Å². The number of nitrogens with zero attached hydrogens (tertiary/aromatic N) is 1. The molecule has 0 bridgehead atoms. The van der Waals surface area contributed by atoms with Crippen LogP contribution in [0, 0.1) is 0 Å². The number of pyridine rings is 1. The first-order valence-corrected chi connectivity index (χ1v) is 7.32. The quantitative estimate of drug-likeness (QED) is 0.537. The second-order valence-electron chi connectivity index (χ2n) is 4.84. The summed E-state index contributed by atoms with van der Waals surface area (Å²) in [5, 5.41) is 11.6. The molecule has 0 atom stereocenters. The second-order valence-corrected chi connectivity index (χ2v) is 6.61. The standard InChI is InChI=1S/C11H20N4O3S/c1-11(2,12)8-14-10-4-3-9(7-13-10)19(17,18)15-5-6-16/h3-4,7,15-16H,5-6,8,12H2,1-2H3,(H,13,14). The van der Waals surface area contributed by atoms with Crippen molar-refractivity contribution >= 4 is 15.8 Å².